The summed E-state index contributed by atoms with van der Waals surface area (Å²) >= 11 is 0. The van der Waals surface area contributed by atoms with Crippen molar-refractivity contribution in [3.8, 4) is 0 Å². The first-order valence-corrected chi connectivity index (χ1v) is 7.57. The molecule has 0 radical (unpaired) electrons. The van der Waals surface area contributed by atoms with Crippen molar-refractivity contribution >= 4 is 0 Å². The van der Waals surface area contributed by atoms with Crippen LogP contribution in [0.2, 0.25) is 0 Å². The summed E-state index contributed by atoms with van der Waals surface area (Å²) in [7, 11) is 0. The third-order valence-corrected chi connectivity index (χ3v) is 4.74. The molecular formula is C14H26N2O2. The fourth-order valence-corrected chi connectivity index (χ4v) is 3.71. The van der Waals surface area contributed by atoms with E-state index in [4.69, 9.17) is 15.2 Å². The second kappa shape index (κ2) is 5.45. The van der Waals surface area contributed by atoms with Crippen molar-refractivity contribution in [2.45, 2.75) is 62.9 Å². The highest BCUT2D eigenvalue weighted by atomic mass is 16.7. The predicted molar refractivity (Wildman–Crippen MR) is 70.3 cm³/mol. The van der Waals surface area contributed by atoms with Crippen LogP contribution in [0.15, 0.2) is 0 Å². The number of likely N-dealkylation sites (tertiary alicyclic amines) is 1. The lowest BCUT2D eigenvalue weighted by atomic mass is 10.0. The van der Waals surface area contributed by atoms with Crippen LogP contribution in [-0.2, 0) is 9.47 Å². The molecule has 3 aliphatic rings. The monoisotopic (exact) mass is 254 g/mol. The van der Waals surface area contributed by atoms with E-state index in [-0.39, 0.29) is 11.9 Å². The minimum absolute atomic E-state index is 0.210. The van der Waals surface area contributed by atoms with E-state index >= 15 is 0 Å². The lowest BCUT2D eigenvalue weighted by molar-refractivity contribution is -0.164. The third-order valence-electron chi connectivity index (χ3n) is 4.74. The molecule has 1 spiro atoms. The highest BCUT2D eigenvalue weighted by molar-refractivity contribution is 4.87. The number of ether oxygens (including phenoxy) is 2. The van der Waals surface area contributed by atoms with Gasteiger partial charge in [0.15, 0.2) is 5.79 Å². The Hall–Kier alpha value is -0.160. The van der Waals surface area contributed by atoms with E-state index in [1.54, 1.807) is 0 Å². The molecular weight excluding hydrogens is 228 g/mol. The van der Waals surface area contributed by atoms with Gasteiger partial charge in [0.05, 0.1) is 12.7 Å². The summed E-state index contributed by atoms with van der Waals surface area (Å²) in [5.41, 5.74) is 5.87. The molecule has 2 heterocycles. The van der Waals surface area contributed by atoms with E-state index in [0.29, 0.717) is 6.04 Å². The minimum atomic E-state index is -0.210. The van der Waals surface area contributed by atoms with Crippen molar-refractivity contribution in [2.75, 3.05) is 26.2 Å². The predicted octanol–water partition coefficient (Wildman–Crippen LogP) is 1.49. The Balaban J connectivity index is 1.53. The average molecular weight is 254 g/mol. The molecule has 4 nitrogen and oxygen atoms in total. The summed E-state index contributed by atoms with van der Waals surface area (Å²) in [6, 6.07) is 0.558. The zero-order valence-electron chi connectivity index (χ0n) is 11.3. The van der Waals surface area contributed by atoms with Gasteiger partial charge in [0.1, 0.15) is 0 Å². The van der Waals surface area contributed by atoms with Gasteiger partial charge in [-0.05, 0) is 32.2 Å². The lowest BCUT2D eigenvalue weighted by Crippen LogP contribution is -2.47. The van der Waals surface area contributed by atoms with Crippen LogP contribution in [0.25, 0.3) is 0 Å². The maximum absolute atomic E-state index is 6.20. The molecule has 2 N–H and O–H groups in total. The first-order valence-electron chi connectivity index (χ1n) is 7.57. The van der Waals surface area contributed by atoms with Crippen LogP contribution in [0.4, 0.5) is 0 Å². The molecule has 0 amide bonds. The van der Waals surface area contributed by atoms with Gasteiger partial charge in [-0.15, -0.1) is 0 Å². The van der Waals surface area contributed by atoms with Gasteiger partial charge in [-0.25, -0.2) is 0 Å². The Morgan fingerprint density at radius 1 is 1.17 bits per heavy atom. The normalized spacial score (nSPS) is 36.5. The van der Waals surface area contributed by atoms with Crippen LogP contribution < -0.4 is 5.73 Å². The molecule has 0 aromatic heterocycles. The summed E-state index contributed by atoms with van der Waals surface area (Å²) in [5.74, 6) is -0.210. The molecule has 2 saturated heterocycles. The van der Waals surface area contributed by atoms with Crippen LogP contribution in [0.3, 0.4) is 0 Å². The van der Waals surface area contributed by atoms with Crippen LogP contribution in [0.5, 0.6) is 0 Å². The highest BCUT2D eigenvalue weighted by Crippen LogP contribution is 2.39. The van der Waals surface area contributed by atoms with E-state index in [0.717, 1.165) is 32.5 Å². The zero-order chi connectivity index (χ0) is 12.4. The van der Waals surface area contributed by atoms with E-state index in [9.17, 15) is 0 Å². The van der Waals surface area contributed by atoms with Crippen molar-refractivity contribution < 1.29 is 9.47 Å². The summed E-state index contributed by atoms with van der Waals surface area (Å²) in [6.45, 7) is 3.73. The topological polar surface area (TPSA) is 47.7 Å². The molecule has 1 aliphatic carbocycles. The maximum Gasteiger partial charge on any atom is 0.168 e. The van der Waals surface area contributed by atoms with Gasteiger partial charge in [0, 0.05) is 32.0 Å². The Labute approximate surface area is 110 Å². The van der Waals surface area contributed by atoms with Gasteiger partial charge in [0.2, 0.25) is 0 Å². The lowest BCUT2D eigenvalue weighted by Gasteiger charge is -2.36. The number of nitrogens with two attached hydrogens (primary N) is 1. The Morgan fingerprint density at radius 2 is 2.00 bits per heavy atom. The standard InChI is InChI=1S/C14H26N2O2/c15-9-12-5-1-4-8-16(12)10-13-11-17-14(18-13)6-2-3-7-14/h12-13H,1-11,15H2. The third kappa shape index (κ3) is 2.57. The largest absolute Gasteiger partial charge is 0.347 e. The van der Waals surface area contributed by atoms with E-state index in [1.165, 1.54) is 38.6 Å². The molecule has 2 atom stereocenters. The summed E-state index contributed by atoms with van der Waals surface area (Å²) in [5, 5.41) is 0. The first kappa shape index (κ1) is 12.9. The van der Waals surface area contributed by atoms with Crippen LogP contribution in [-0.4, -0.2) is 49.1 Å². The molecule has 2 aliphatic heterocycles. The molecule has 3 fully saturated rings. The van der Waals surface area contributed by atoms with Gasteiger partial charge < -0.3 is 15.2 Å². The first-order chi connectivity index (χ1) is 8.81. The van der Waals surface area contributed by atoms with Gasteiger partial charge >= 0.3 is 0 Å². The van der Waals surface area contributed by atoms with Crippen molar-refractivity contribution in [1.29, 1.82) is 0 Å². The van der Waals surface area contributed by atoms with Crippen molar-refractivity contribution in [3.05, 3.63) is 0 Å². The molecule has 0 aromatic carbocycles. The molecule has 2 unspecified atom stereocenters. The van der Waals surface area contributed by atoms with Gasteiger partial charge in [0.25, 0.3) is 0 Å². The number of rotatable bonds is 3. The fraction of sp³-hybridized carbons (Fsp3) is 1.00. The Bertz CT molecular complexity index is 279. The second-order valence-electron chi connectivity index (χ2n) is 6.05. The molecule has 104 valence electrons. The quantitative estimate of drug-likeness (QED) is 0.829. The average Bonchev–Trinajstić information content (AvgIpc) is 3.01. The number of piperidine rings is 1. The van der Waals surface area contributed by atoms with Crippen molar-refractivity contribution in [3.63, 3.8) is 0 Å². The van der Waals surface area contributed by atoms with E-state index in [1.807, 2.05) is 0 Å². The fourth-order valence-electron chi connectivity index (χ4n) is 3.71. The second-order valence-corrected chi connectivity index (χ2v) is 6.05. The summed E-state index contributed by atoms with van der Waals surface area (Å²) < 4.78 is 12.1. The number of nitrogens with zero attached hydrogens (tertiary/aromatic N) is 1. The smallest absolute Gasteiger partial charge is 0.168 e. The van der Waals surface area contributed by atoms with Gasteiger partial charge in [-0.2, -0.15) is 0 Å². The maximum atomic E-state index is 6.20. The summed E-state index contributed by atoms with van der Waals surface area (Å²) in [4.78, 5) is 2.52. The van der Waals surface area contributed by atoms with E-state index in [2.05, 4.69) is 4.90 Å². The number of hydrogen-bond acceptors (Lipinski definition) is 4. The van der Waals surface area contributed by atoms with Gasteiger partial charge in [-0.1, -0.05) is 6.42 Å². The van der Waals surface area contributed by atoms with E-state index < -0.39 is 0 Å². The molecule has 4 heteroatoms. The molecule has 0 aromatic rings. The minimum Gasteiger partial charge on any atom is -0.347 e. The Morgan fingerprint density at radius 3 is 2.78 bits per heavy atom. The Kier molecular flexibility index (Phi) is 3.89. The van der Waals surface area contributed by atoms with Crippen LogP contribution in [0, 0.1) is 0 Å². The van der Waals surface area contributed by atoms with Crippen LogP contribution in [0.1, 0.15) is 44.9 Å². The van der Waals surface area contributed by atoms with Crippen LogP contribution >= 0.6 is 0 Å². The van der Waals surface area contributed by atoms with Gasteiger partial charge in [-0.3, -0.25) is 4.90 Å². The molecule has 1 saturated carbocycles. The molecule has 18 heavy (non-hydrogen) atoms. The summed E-state index contributed by atoms with van der Waals surface area (Å²) in [6.07, 6.45) is 8.81. The molecule has 3 rings (SSSR count). The number of hydrogen-bond donors (Lipinski definition) is 1. The van der Waals surface area contributed by atoms with Crippen molar-refractivity contribution in [1.82, 2.24) is 4.90 Å². The SMILES string of the molecule is NCC1CCCCN1CC1COC2(CCCC2)O1. The highest BCUT2D eigenvalue weighted by Gasteiger charge is 2.44. The van der Waals surface area contributed by atoms with Crippen molar-refractivity contribution in [2.24, 2.45) is 5.73 Å². The zero-order valence-corrected chi connectivity index (χ0v) is 11.3. The molecule has 0 bridgehead atoms.